The summed E-state index contributed by atoms with van der Waals surface area (Å²) in [6.07, 6.45) is 4.88. The molecule has 1 saturated heterocycles. The molecule has 3 rings (SSSR count). The molecular weight excluding hydrogens is 220 g/mol. The molecule has 84 valence electrons. The van der Waals surface area contributed by atoms with Gasteiger partial charge in [-0.05, 0) is 28.8 Å². The third kappa shape index (κ3) is 2.01. The quantitative estimate of drug-likeness (QED) is 0.812. The summed E-state index contributed by atoms with van der Waals surface area (Å²) in [5.74, 6) is 0. The summed E-state index contributed by atoms with van der Waals surface area (Å²) in [5.41, 5.74) is 1.42. The van der Waals surface area contributed by atoms with E-state index in [4.69, 9.17) is 0 Å². The van der Waals surface area contributed by atoms with Gasteiger partial charge in [-0.2, -0.15) is 11.3 Å². The molecule has 1 fully saturated rings. The van der Waals surface area contributed by atoms with E-state index in [0.29, 0.717) is 6.04 Å². The van der Waals surface area contributed by atoms with E-state index in [0.717, 1.165) is 19.6 Å². The van der Waals surface area contributed by atoms with Gasteiger partial charge < -0.3 is 0 Å². The van der Waals surface area contributed by atoms with E-state index in [1.807, 2.05) is 10.9 Å². The molecule has 5 heteroatoms. The Kier molecular flexibility index (Phi) is 2.71. The van der Waals surface area contributed by atoms with Crippen molar-refractivity contribution in [2.75, 3.05) is 13.1 Å². The lowest BCUT2D eigenvalue weighted by atomic mass is 10.3. The smallest absolute Gasteiger partial charge is 0.0693 e. The van der Waals surface area contributed by atoms with Crippen molar-refractivity contribution >= 4 is 11.3 Å². The summed E-state index contributed by atoms with van der Waals surface area (Å²) >= 11 is 1.77. The molecule has 1 atom stereocenters. The van der Waals surface area contributed by atoms with E-state index in [2.05, 4.69) is 32.0 Å². The summed E-state index contributed by atoms with van der Waals surface area (Å²) in [6.45, 7) is 3.30. The molecule has 1 aliphatic heterocycles. The predicted octanol–water partition coefficient (Wildman–Crippen LogP) is 1.79. The monoisotopic (exact) mass is 234 g/mol. The summed E-state index contributed by atoms with van der Waals surface area (Å²) in [4.78, 5) is 2.48. The molecule has 0 aliphatic carbocycles. The van der Waals surface area contributed by atoms with Crippen molar-refractivity contribution in [3.8, 4) is 0 Å². The molecule has 3 heterocycles. The van der Waals surface area contributed by atoms with E-state index >= 15 is 0 Å². The molecule has 4 nitrogen and oxygen atoms in total. The minimum atomic E-state index is 0.501. The molecule has 16 heavy (non-hydrogen) atoms. The number of aromatic nitrogens is 3. The fourth-order valence-electron chi connectivity index (χ4n) is 2.22. The van der Waals surface area contributed by atoms with Crippen molar-refractivity contribution < 1.29 is 0 Å². The molecule has 1 unspecified atom stereocenters. The van der Waals surface area contributed by atoms with Gasteiger partial charge in [-0.3, -0.25) is 4.90 Å². The maximum Gasteiger partial charge on any atom is 0.0693 e. The molecular formula is C11H14N4S. The van der Waals surface area contributed by atoms with E-state index in [1.165, 1.54) is 12.0 Å². The number of thiophene rings is 1. The molecule has 1 aliphatic rings. The molecule has 0 bridgehead atoms. The maximum atomic E-state index is 4.07. The van der Waals surface area contributed by atoms with E-state index in [9.17, 15) is 0 Å². The zero-order valence-corrected chi connectivity index (χ0v) is 9.81. The van der Waals surface area contributed by atoms with Gasteiger partial charge in [0.15, 0.2) is 0 Å². The van der Waals surface area contributed by atoms with Crippen LogP contribution in [0.2, 0.25) is 0 Å². The van der Waals surface area contributed by atoms with Crippen LogP contribution >= 0.6 is 11.3 Å². The zero-order valence-electron chi connectivity index (χ0n) is 8.99. The first kappa shape index (κ1) is 9.99. The topological polar surface area (TPSA) is 34.0 Å². The van der Waals surface area contributed by atoms with Crippen LogP contribution in [-0.4, -0.2) is 33.0 Å². The minimum Gasteiger partial charge on any atom is -0.297 e. The average Bonchev–Trinajstić information content (AvgIpc) is 2.99. The largest absolute Gasteiger partial charge is 0.297 e. The fourth-order valence-corrected chi connectivity index (χ4v) is 2.88. The van der Waals surface area contributed by atoms with Crippen LogP contribution in [0, 0.1) is 0 Å². The van der Waals surface area contributed by atoms with Gasteiger partial charge in [0.25, 0.3) is 0 Å². The van der Waals surface area contributed by atoms with Gasteiger partial charge in [-0.1, -0.05) is 5.21 Å². The third-order valence-electron chi connectivity index (χ3n) is 3.05. The van der Waals surface area contributed by atoms with Crippen LogP contribution in [0.5, 0.6) is 0 Å². The van der Waals surface area contributed by atoms with E-state index < -0.39 is 0 Å². The van der Waals surface area contributed by atoms with Crippen LogP contribution in [0.15, 0.2) is 29.2 Å². The highest BCUT2D eigenvalue weighted by atomic mass is 32.1. The van der Waals surface area contributed by atoms with Crippen LogP contribution in [-0.2, 0) is 6.54 Å². The van der Waals surface area contributed by atoms with Gasteiger partial charge in [0.1, 0.15) is 0 Å². The normalized spacial score (nSPS) is 21.6. The lowest BCUT2D eigenvalue weighted by Crippen LogP contribution is -2.21. The first-order valence-electron chi connectivity index (χ1n) is 5.51. The Morgan fingerprint density at radius 2 is 2.50 bits per heavy atom. The van der Waals surface area contributed by atoms with E-state index in [-0.39, 0.29) is 0 Å². The molecule has 0 radical (unpaired) electrons. The molecule has 2 aromatic heterocycles. The van der Waals surface area contributed by atoms with Gasteiger partial charge >= 0.3 is 0 Å². The van der Waals surface area contributed by atoms with Gasteiger partial charge in [-0.15, -0.1) is 5.10 Å². The highest BCUT2D eigenvalue weighted by Crippen LogP contribution is 2.22. The van der Waals surface area contributed by atoms with E-state index in [1.54, 1.807) is 17.5 Å². The van der Waals surface area contributed by atoms with Crippen molar-refractivity contribution in [3.05, 3.63) is 34.8 Å². The van der Waals surface area contributed by atoms with Crippen molar-refractivity contribution in [1.29, 1.82) is 0 Å². The fraction of sp³-hybridized carbons (Fsp3) is 0.455. The Bertz CT molecular complexity index is 423. The maximum absolute atomic E-state index is 4.07. The number of rotatable bonds is 3. The molecule has 0 amide bonds. The lowest BCUT2D eigenvalue weighted by molar-refractivity contribution is 0.311. The van der Waals surface area contributed by atoms with Crippen molar-refractivity contribution in [2.24, 2.45) is 0 Å². The van der Waals surface area contributed by atoms with Crippen LogP contribution in [0.4, 0.5) is 0 Å². The van der Waals surface area contributed by atoms with Crippen molar-refractivity contribution in [2.45, 2.75) is 19.0 Å². The summed E-state index contributed by atoms with van der Waals surface area (Å²) in [6, 6.07) is 2.70. The first-order valence-corrected chi connectivity index (χ1v) is 6.45. The minimum absolute atomic E-state index is 0.501. The van der Waals surface area contributed by atoms with Crippen LogP contribution in [0.1, 0.15) is 18.0 Å². The molecule has 2 aromatic rings. The van der Waals surface area contributed by atoms with Gasteiger partial charge in [0, 0.05) is 25.8 Å². The second-order valence-electron chi connectivity index (χ2n) is 4.19. The highest BCUT2D eigenvalue weighted by molar-refractivity contribution is 7.07. The van der Waals surface area contributed by atoms with Crippen LogP contribution in [0.25, 0.3) is 0 Å². The Balaban J connectivity index is 1.61. The van der Waals surface area contributed by atoms with Crippen molar-refractivity contribution in [3.63, 3.8) is 0 Å². The Morgan fingerprint density at radius 1 is 1.50 bits per heavy atom. The second-order valence-corrected chi connectivity index (χ2v) is 4.97. The Labute approximate surface area is 98.5 Å². The zero-order chi connectivity index (χ0) is 10.8. The summed E-state index contributed by atoms with van der Waals surface area (Å²) in [5, 5.41) is 12.3. The summed E-state index contributed by atoms with van der Waals surface area (Å²) in [7, 11) is 0. The first-order chi connectivity index (χ1) is 7.92. The summed E-state index contributed by atoms with van der Waals surface area (Å²) < 4.78 is 1.98. The molecule has 0 saturated carbocycles. The highest BCUT2D eigenvalue weighted by Gasteiger charge is 2.24. The predicted molar refractivity (Wildman–Crippen MR) is 63.3 cm³/mol. The Hall–Kier alpha value is -1.20. The third-order valence-corrected chi connectivity index (χ3v) is 3.78. The SMILES string of the molecule is c1cn(C2CCN(Cc3ccsc3)C2)nn1. The average molecular weight is 234 g/mol. The number of likely N-dealkylation sites (tertiary alicyclic amines) is 1. The standard InChI is InChI=1S/C11H14N4S/c1-4-14(7-10-2-6-16-9-10)8-11(1)15-5-3-12-13-15/h2-3,5-6,9,11H,1,4,7-8H2. The Morgan fingerprint density at radius 3 is 3.25 bits per heavy atom. The lowest BCUT2D eigenvalue weighted by Gasteiger charge is -2.14. The molecule has 0 N–H and O–H groups in total. The number of nitrogens with zero attached hydrogens (tertiary/aromatic N) is 4. The van der Waals surface area contributed by atoms with Crippen molar-refractivity contribution in [1.82, 2.24) is 19.9 Å². The molecule has 0 aromatic carbocycles. The van der Waals surface area contributed by atoms with Crippen LogP contribution in [0.3, 0.4) is 0 Å². The van der Waals surface area contributed by atoms with Crippen LogP contribution < -0.4 is 0 Å². The van der Waals surface area contributed by atoms with Gasteiger partial charge in [0.05, 0.1) is 12.2 Å². The second kappa shape index (κ2) is 4.35. The van der Waals surface area contributed by atoms with Gasteiger partial charge in [-0.25, -0.2) is 4.68 Å². The number of hydrogen-bond donors (Lipinski definition) is 0. The number of hydrogen-bond acceptors (Lipinski definition) is 4. The molecule has 0 spiro atoms. The van der Waals surface area contributed by atoms with Gasteiger partial charge in [0.2, 0.25) is 0 Å².